The molecule has 3 nitrogen and oxygen atoms in total. The van der Waals surface area contributed by atoms with Crippen LogP contribution in [0.4, 0.5) is 0 Å². The summed E-state index contributed by atoms with van der Waals surface area (Å²) in [6.07, 6.45) is 0.352. The van der Waals surface area contributed by atoms with Crippen molar-refractivity contribution in [2.75, 3.05) is 7.11 Å². The van der Waals surface area contributed by atoms with E-state index in [9.17, 15) is 4.79 Å². The van der Waals surface area contributed by atoms with Crippen LogP contribution in [0.25, 0.3) is 0 Å². The molecule has 15 heavy (non-hydrogen) atoms. The Kier molecular flexibility index (Phi) is 4.84. The summed E-state index contributed by atoms with van der Waals surface area (Å²) in [5.41, 5.74) is 1.09. The van der Waals surface area contributed by atoms with E-state index in [1.165, 1.54) is 0 Å². The Morgan fingerprint density at radius 1 is 1.40 bits per heavy atom. The standard InChI is InChI=1S/C12H17NO2/c1-3-11(15-2)12(14)13-9-10-7-5-4-6-8-10/h4-8,11H,3,9H2,1-2H3,(H,13,14). The number of amides is 1. The number of carbonyl (C=O) groups is 1. The third-order valence-corrected chi connectivity index (χ3v) is 2.26. The van der Waals surface area contributed by atoms with Crippen LogP contribution < -0.4 is 5.32 Å². The maximum atomic E-state index is 11.5. The van der Waals surface area contributed by atoms with Crippen molar-refractivity contribution in [2.45, 2.75) is 26.0 Å². The van der Waals surface area contributed by atoms with E-state index >= 15 is 0 Å². The summed E-state index contributed by atoms with van der Waals surface area (Å²) in [6, 6.07) is 9.82. The van der Waals surface area contributed by atoms with Gasteiger partial charge in [-0.05, 0) is 12.0 Å². The normalized spacial score (nSPS) is 12.1. The molecule has 1 aromatic rings. The Hall–Kier alpha value is -1.35. The first-order chi connectivity index (χ1) is 7.27. The van der Waals surface area contributed by atoms with E-state index in [0.717, 1.165) is 5.56 Å². The summed E-state index contributed by atoms with van der Waals surface area (Å²) in [7, 11) is 1.55. The summed E-state index contributed by atoms with van der Waals surface area (Å²) in [5.74, 6) is -0.0520. The molecule has 0 aliphatic carbocycles. The SMILES string of the molecule is CCC(OC)C(=O)NCc1ccccc1. The van der Waals surface area contributed by atoms with Crippen LogP contribution in [-0.2, 0) is 16.1 Å². The van der Waals surface area contributed by atoms with Crippen molar-refractivity contribution in [1.82, 2.24) is 5.32 Å². The molecular formula is C12H17NO2. The first-order valence-electron chi connectivity index (χ1n) is 5.12. The zero-order valence-electron chi connectivity index (χ0n) is 9.19. The van der Waals surface area contributed by atoms with E-state index in [1.54, 1.807) is 7.11 Å². The highest BCUT2D eigenvalue weighted by Crippen LogP contribution is 2.00. The third kappa shape index (κ3) is 3.72. The summed E-state index contributed by atoms with van der Waals surface area (Å²) in [4.78, 5) is 11.5. The lowest BCUT2D eigenvalue weighted by molar-refractivity contribution is -0.131. The average molecular weight is 207 g/mol. The maximum absolute atomic E-state index is 11.5. The van der Waals surface area contributed by atoms with Gasteiger partial charge in [-0.2, -0.15) is 0 Å². The molecule has 0 saturated heterocycles. The fraction of sp³-hybridized carbons (Fsp3) is 0.417. The predicted octanol–water partition coefficient (Wildman–Crippen LogP) is 1.73. The number of nitrogens with one attached hydrogen (secondary N) is 1. The fourth-order valence-corrected chi connectivity index (χ4v) is 1.36. The van der Waals surface area contributed by atoms with Gasteiger partial charge in [-0.3, -0.25) is 4.79 Å². The predicted molar refractivity (Wildman–Crippen MR) is 59.4 cm³/mol. The molecule has 1 amide bonds. The second-order valence-corrected chi connectivity index (χ2v) is 3.34. The quantitative estimate of drug-likeness (QED) is 0.798. The Morgan fingerprint density at radius 2 is 2.07 bits per heavy atom. The van der Waals surface area contributed by atoms with Gasteiger partial charge in [0.05, 0.1) is 0 Å². The van der Waals surface area contributed by atoms with Gasteiger partial charge in [0.2, 0.25) is 5.91 Å². The van der Waals surface area contributed by atoms with Gasteiger partial charge in [-0.25, -0.2) is 0 Å². The van der Waals surface area contributed by atoms with Crippen LogP contribution in [0.1, 0.15) is 18.9 Å². The lowest BCUT2D eigenvalue weighted by atomic mass is 10.2. The third-order valence-electron chi connectivity index (χ3n) is 2.26. The Balaban J connectivity index is 2.40. The Labute approximate surface area is 90.4 Å². The van der Waals surface area contributed by atoms with E-state index < -0.39 is 0 Å². The van der Waals surface area contributed by atoms with Crippen LogP contribution in [0.15, 0.2) is 30.3 Å². The largest absolute Gasteiger partial charge is 0.372 e. The molecule has 1 atom stereocenters. The van der Waals surface area contributed by atoms with Crippen LogP contribution in [0.3, 0.4) is 0 Å². The van der Waals surface area contributed by atoms with Gasteiger partial charge in [0.15, 0.2) is 0 Å². The zero-order chi connectivity index (χ0) is 11.1. The highest BCUT2D eigenvalue weighted by molar-refractivity contribution is 5.80. The molecule has 1 aromatic carbocycles. The van der Waals surface area contributed by atoms with Crippen molar-refractivity contribution in [3.05, 3.63) is 35.9 Å². The molecule has 0 spiro atoms. The van der Waals surface area contributed by atoms with E-state index in [4.69, 9.17) is 4.74 Å². The monoisotopic (exact) mass is 207 g/mol. The summed E-state index contributed by atoms with van der Waals surface area (Å²) < 4.78 is 5.04. The number of carbonyl (C=O) groups excluding carboxylic acids is 1. The summed E-state index contributed by atoms with van der Waals surface area (Å²) >= 11 is 0. The zero-order valence-corrected chi connectivity index (χ0v) is 9.19. The molecule has 0 aliphatic rings. The molecule has 0 heterocycles. The molecule has 3 heteroatoms. The molecule has 0 saturated carbocycles. The number of rotatable bonds is 5. The van der Waals surface area contributed by atoms with Gasteiger partial charge in [-0.15, -0.1) is 0 Å². The van der Waals surface area contributed by atoms with Gasteiger partial charge in [0.25, 0.3) is 0 Å². The van der Waals surface area contributed by atoms with Gasteiger partial charge in [0.1, 0.15) is 6.10 Å². The van der Waals surface area contributed by atoms with Crippen molar-refractivity contribution in [2.24, 2.45) is 0 Å². The minimum absolute atomic E-state index is 0.0520. The van der Waals surface area contributed by atoms with E-state index in [1.807, 2.05) is 37.3 Å². The van der Waals surface area contributed by atoms with Crippen molar-refractivity contribution in [3.63, 3.8) is 0 Å². The number of ether oxygens (including phenoxy) is 1. The van der Waals surface area contributed by atoms with Gasteiger partial charge >= 0.3 is 0 Å². The van der Waals surface area contributed by atoms with Gasteiger partial charge in [-0.1, -0.05) is 37.3 Å². The minimum atomic E-state index is -0.339. The minimum Gasteiger partial charge on any atom is -0.372 e. The van der Waals surface area contributed by atoms with E-state index in [0.29, 0.717) is 13.0 Å². The highest BCUT2D eigenvalue weighted by Gasteiger charge is 2.13. The molecule has 0 aliphatic heterocycles. The van der Waals surface area contributed by atoms with Crippen molar-refractivity contribution < 1.29 is 9.53 Å². The average Bonchev–Trinajstić information content (AvgIpc) is 2.29. The second kappa shape index (κ2) is 6.19. The molecule has 0 radical (unpaired) electrons. The van der Waals surface area contributed by atoms with Crippen LogP contribution >= 0.6 is 0 Å². The second-order valence-electron chi connectivity index (χ2n) is 3.34. The molecule has 0 bridgehead atoms. The number of benzene rings is 1. The maximum Gasteiger partial charge on any atom is 0.249 e. The number of hydrogen-bond donors (Lipinski definition) is 1. The molecule has 1 unspecified atom stereocenters. The Morgan fingerprint density at radius 3 is 2.60 bits per heavy atom. The fourth-order valence-electron chi connectivity index (χ4n) is 1.36. The summed E-state index contributed by atoms with van der Waals surface area (Å²) in [5, 5.41) is 2.84. The van der Waals surface area contributed by atoms with Crippen molar-refractivity contribution in [3.8, 4) is 0 Å². The summed E-state index contributed by atoms with van der Waals surface area (Å²) in [6.45, 7) is 2.48. The van der Waals surface area contributed by atoms with Crippen LogP contribution in [0, 0.1) is 0 Å². The number of methoxy groups -OCH3 is 1. The molecular weight excluding hydrogens is 190 g/mol. The van der Waals surface area contributed by atoms with Crippen LogP contribution in [0.5, 0.6) is 0 Å². The lowest BCUT2D eigenvalue weighted by Gasteiger charge is -2.12. The Bertz CT molecular complexity index is 294. The van der Waals surface area contributed by atoms with E-state index in [-0.39, 0.29) is 12.0 Å². The molecule has 1 N–H and O–H groups in total. The van der Waals surface area contributed by atoms with Crippen molar-refractivity contribution >= 4 is 5.91 Å². The van der Waals surface area contributed by atoms with Gasteiger partial charge < -0.3 is 10.1 Å². The van der Waals surface area contributed by atoms with Crippen LogP contribution in [0.2, 0.25) is 0 Å². The van der Waals surface area contributed by atoms with E-state index in [2.05, 4.69) is 5.32 Å². The highest BCUT2D eigenvalue weighted by atomic mass is 16.5. The van der Waals surface area contributed by atoms with Crippen molar-refractivity contribution in [1.29, 1.82) is 0 Å². The first-order valence-corrected chi connectivity index (χ1v) is 5.12. The first kappa shape index (κ1) is 11.7. The smallest absolute Gasteiger partial charge is 0.249 e. The topological polar surface area (TPSA) is 38.3 Å². The lowest BCUT2D eigenvalue weighted by Crippen LogP contribution is -2.34. The van der Waals surface area contributed by atoms with Gasteiger partial charge in [0, 0.05) is 13.7 Å². The molecule has 0 aromatic heterocycles. The van der Waals surface area contributed by atoms with Crippen LogP contribution in [-0.4, -0.2) is 19.1 Å². The number of hydrogen-bond acceptors (Lipinski definition) is 2. The molecule has 1 rings (SSSR count). The molecule has 0 fully saturated rings. The molecule has 82 valence electrons.